The van der Waals surface area contributed by atoms with E-state index in [0.29, 0.717) is 0 Å². The summed E-state index contributed by atoms with van der Waals surface area (Å²) in [5.41, 5.74) is 1.21. The first-order valence-electron chi connectivity index (χ1n) is 8.79. The van der Waals surface area contributed by atoms with E-state index in [2.05, 4.69) is 36.0 Å². The van der Waals surface area contributed by atoms with E-state index in [0.717, 1.165) is 58.1 Å². The van der Waals surface area contributed by atoms with Crippen molar-refractivity contribution in [1.29, 1.82) is 0 Å². The fraction of sp³-hybridized carbons (Fsp3) is 0.706. The summed E-state index contributed by atoms with van der Waals surface area (Å²) in [6.45, 7) is 12.8. The van der Waals surface area contributed by atoms with Crippen LogP contribution in [0.3, 0.4) is 0 Å². The summed E-state index contributed by atoms with van der Waals surface area (Å²) in [6, 6.07) is 0. The monoisotopic (exact) mass is 351 g/mol. The lowest BCUT2D eigenvalue weighted by Crippen LogP contribution is -2.53. The number of amides is 1. The summed E-state index contributed by atoms with van der Waals surface area (Å²) >= 11 is 1.78. The van der Waals surface area contributed by atoms with Gasteiger partial charge in [-0.15, -0.1) is 11.3 Å². The minimum Gasteiger partial charge on any atom is -0.357 e. The van der Waals surface area contributed by atoms with Crippen molar-refractivity contribution in [3.05, 3.63) is 15.6 Å². The van der Waals surface area contributed by atoms with Crippen LogP contribution in [-0.2, 0) is 17.6 Å². The van der Waals surface area contributed by atoms with Gasteiger partial charge in [0.25, 0.3) is 0 Å². The first-order valence-corrected chi connectivity index (χ1v) is 9.60. The van der Waals surface area contributed by atoms with Crippen molar-refractivity contribution in [2.75, 3.05) is 39.3 Å². The average Bonchev–Trinajstić information content (AvgIpc) is 2.94. The largest absolute Gasteiger partial charge is 0.357 e. The molecule has 0 bridgehead atoms. The minimum absolute atomic E-state index is 0.155. The number of rotatable bonds is 5. The van der Waals surface area contributed by atoms with E-state index in [4.69, 9.17) is 4.99 Å². The summed E-state index contributed by atoms with van der Waals surface area (Å²) in [7, 11) is 0. The molecule has 134 valence electrons. The van der Waals surface area contributed by atoms with Gasteiger partial charge in [0.1, 0.15) is 0 Å². The molecule has 1 aromatic heterocycles. The van der Waals surface area contributed by atoms with Gasteiger partial charge in [0.15, 0.2) is 5.96 Å². The maximum atomic E-state index is 11.4. The Labute approximate surface area is 149 Å². The Morgan fingerprint density at radius 3 is 2.46 bits per heavy atom. The molecule has 0 radical (unpaired) electrons. The van der Waals surface area contributed by atoms with E-state index in [9.17, 15) is 4.79 Å². The van der Waals surface area contributed by atoms with Gasteiger partial charge >= 0.3 is 0 Å². The van der Waals surface area contributed by atoms with E-state index in [1.54, 1.807) is 18.3 Å². The lowest BCUT2D eigenvalue weighted by molar-refractivity contribution is -0.130. The van der Waals surface area contributed by atoms with Gasteiger partial charge in [0.2, 0.25) is 5.91 Å². The Morgan fingerprint density at radius 2 is 1.92 bits per heavy atom. The first-order chi connectivity index (χ1) is 11.5. The number of guanidine groups is 1. The highest BCUT2D eigenvalue weighted by atomic mass is 32.1. The molecule has 0 atom stereocenters. The molecule has 2 rings (SSSR count). The number of aliphatic imine (C=N–C) groups is 1. The summed E-state index contributed by atoms with van der Waals surface area (Å²) in [6.07, 6.45) is 1.88. The molecule has 1 aromatic rings. The maximum absolute atomic E-state index is 11.4. The topological polar surface area (TPSA) is 60.8 Å². The summed E-state index contributed by atoms with van der Waals surface area (Å²) in [5, 5.41) is 4.54. The summed E-state index contributed by atoms with van der Waals surface area (Å²) < 4.78 is 0. The number of carbonyl (C=O) groups excluding carboxylic acids is 1. The van der Waals surface area contributed by atoms with E-state index in [1.165, 1.54) is 15.6 Å². The van der Waals surface area contributed by atoms with Gasteiger partial charge in [0, 0.05) is 57.5 Å². The standard InChI is InChI=1S/C17H29N5OS/c1-5-15-13(3)24-16(20-15)7-8-19-17(18-6-2)22-11-9-21(10-12-22)14(4)23/h5-12H2,1-4H3,(H,18,19). The molecule has 1 aliphatic rings. The van der Waals surface area contributed by atoms with Crippen LogP contribution in [0.2, 0.25) is 0 Å². The van der Waals surface area contributed by atoms with Crippen LogP contribution in [0.25, 0.3) is 0 Å². The van der Waals surface area contributed by atoms with Crippen LogP contribution in [0, 0.1) is 6.92 Å². The summed E-state index contributed by atoms with van der Waals surface area (Å²) in [5.74, 6) is 1.10. The van der Waals surface area contributed by atoms with Gasteiger partial charge in [-0.1, -0.05) is 6.92 Å². The van der Waals surface area contributed by atoms with Gasteiger partial charge in [-0.2, -0.15) is 0 Å². The van der Waals surface area contributed by atoms with Crippen molar-refractivity contribution < 1.29 is 4.79 Å². The number of hydrogen-bond acceptors (Lipinski definition) is 4. The quantitative estimate of drug-likeness (QED) is 0.648. The van der Waals surface area contributed by atoms with Crippen molar-refractivity contribution in [1.82, 2.24) is 20.1 Å². The number of piperazine rings is 1. The van der Waals surface area contributed by atoms with Gasteiger partial charge in [-0.05, 0) is 20.3 Å². The third-order valence-electron chi connectivity index (χ3n) is 4.22. The number of aromatic nitrogens is 1. The van der Waals surface area contributed by atoms with Crippen LogP contribution in [0.4, 0.5) is 0 Å². The van der Waals surface area contributed by atoms with Crippen LogP contribution in [-0.4, -0.2) is 65.9 Å². The molecule has 0 saturated carbocycles. The molecule has 0 aliphatic carbocycles. The van der Waals surface area contributed by atoms with Crippen LogP contribution in [0.5, 0.6) is 0 Å². The summed E-state index contributed by atoms with van der Waals surface area (Å²) in [4.78, 5) is 26.3. The lowest BCUT2D eigenvalue weighted by Gasteiger charge is -2.36. The molecule has 2 heterocycles. The smallest absolute Gasteiger partial charge is 0.219 e. The van der Waals surface area contributed by atoms with Gasteiger partial charge < -0.3 is 15.1 Å². The lowest BCUT2D eigenvalue weighted by atomic mass is 10.3. The van der Waals surface area contributed by atoms with Crippen molar-refractivity contribution in [2.45, 2.75) is 40.5 Å². The van der Waals surface area contributed by atoms with Crippen LogP contribution < -0.4 is 5.32 Å². The molecule has 0 spiro atoms. The fourth-order valence-corrected chi connectivity index (χ4v) is 3.85. The number of hydrogen-bond donors (Lipinski definition) is 1. The third-order valence-corrected chi connectivity index (χ3v) is 5.29. The third kappa shape index (κ3) is 4.93. The predicted molar refractivity (Wildman–Crippen MR) is 99.7 cm³/mol. The number of carbonyl (C=O) groups is 1. The molecule has 1 aliphatic heterocycles. The maximum Gasteiger partial charge on any atom is 0.219 e. The SMILES string of the molecule is CCNC(=NCCc1nc(CC)c(C)s1)N1CCN(C(C)=O)CC1. The second kappa shape index (κ2) is 9.01. The molecule has 1 amide bonds. The Kier molecular flexibility index (Phi) is 7.02. The second-order valence-corrected chi connectivity index (χ2v) is 7.23. The van der Waals surface area contributed by atoms with Crippen LogP contribution in [0.15, 0.2) is 4.99 Å². The van der Waals surface area contributed by atoms with Crippen LogP contribution >= 0.6 is 11.3 Å². The predicted octanol–water partition coefficient (Wildman–Crippen LogP) is 1.69. The molecule has 0 unspecified atom stereocenters. The first kappa shape index (κ1) is 18.7. The average molecular weight is 352 g/mol. The molecule has 0 aromatic carbocycles. The highest BCUT2D eigenvalue weighted by molar-refractivity contribution is 7.11. The number of aryl methyl sites for hydroxylation is 2. The Hall–Kier alpha value is -1.63. The highest BCUT2D eigenvalue weighted by Crippen LogP contribution is 2.18. The molecule has 24 heavy (non-hydrogen) atoms. The molecule has 1 N–H and O–H groups in total. The Bertz CT molecular complexity index is 576. The van der Waals surface area contributed by atoms with E-state index in [-0.39, 0.29) is 5.91 Å². The van der Waals surface area contributed by atoms with Gasteiger partial charge in [-0.3, -0.25) is 9.79 Å². The van der Waals surface area contributed by atoms with Crippen LogP contribution in [0.1, 0.15) is 36.3 Å². The van der Waals surface area contributed by atoms with E-state index in [1.807, 2.05) is 4.90 Å². The Morgan fingerprint density at radius 1 is 1.25 bits per heavy atom. The van der Waals surface area contributed by atoms with Crippen molar-refractivity contribution >= 4 is 23.2 Å². The van der Waals surface area contributed by atoms with Crippen molar-refractivity contribution in [3.8, 4) is 0 Å². The second-order valence-electron chi connectivity index (χ2n) is 5.94. The molecular weight excluding hydrogens is 322 g/mol. The van der Waals surface area contributed by atoms with Gasteiger partial charge in [-0.25, -0.2) is 4.98 Å². The highest BCUT2D eigenvalue weighted by Gasteiger charge is 2.20. The van der Waals surface area contributed by atoms with Crippen molar-refractivity contribution in [3.63, 3.8) is 0 Å². The zero-order chi connectivity index (χ0) is 17.5. The molecule has 1 saturated heterocycles. The number of nitrogens with zero attached hydrogens (tertiary/aromatic N) is 4. The van der Waals surface area contributed by atoms with Gasteiger partial charge in [0.05, 0.1) is 10.7 Å². The fourth-order valence-electron chi connectivity index (χ4n) is 2.84. The van der Waals surface area contributed by atoms with Crippen molar-refractivity contribution in [2.24, 2.45) is 4.99 Å². The molecule has 1 fully saturated rings. The molecular formula is C17H29N5OS. The normalized spacial score (nSPS) is 15.8. The zero-order valence-corrected chi connectivity index (χ0v) is 16.1. The minimum atomic E-state index is 0.155. The number of thiazole rings is 1. The molecule has 7 heteroatoms. The molecule has 6 nitrogen and oxygen atoms in total. The van der Waals surface area contributed by atoms with E-state index >= 15 is 0 Å². The Balaban J connectivity index is 1.92. The number of nitrogens with one attached hydrogen (secondary N) is 1. The zero-order valence-electron chi connectivity index (χ0n) is 15.3. The van der Waals surface area contributed by atoms with E-state index < -0.39 is 0 Å².